The number of allylic oxidation sites excluding steroid dienone is 4. The summed E-state index contributed by atoms with van der Waals surface area (Å²) in [6.45, 7) is 1.86. The van der Waals surface area contributed by atoms with Crippen molar-refractivity contribution >= 4 is 34.6 Å². The van der Waals surface area contributed by atoms with Gasteiger partial charge in [0, 0.05) is 5.03 Å². The predicted octanol–water partition coefficient (Wildman–Crippen LogP) is 6.60. The molecule has 162 valence electrons. The number of halogens is 6. The van der Waals surface area contributed by atoms with Gasteiger partial charge in [0.15, 0.2) is 11.5 Å². The average molecular weight is 473 g/mol. The van der Waals surface area contributed by atoms with Crippen LogP contribution in [0.15, 0.2) is 46.1 Å². The molecule has 1 aromatic carbocycles. The van der Waals surface area contributed by atoms with Crippen LogP contribution in [0.25, 0.3) is 28.3 Å². The lowest BCUT2D eigenvalue weighted by atomic mass is 10.0. The molecule has 2 heterocycles. The summed E-state index contributed by atoms with van der Waals surface area (Å²) in [6.07, 6.45) is -0.359. The molecule has 0 radical (unpaired) electrons. The number of hydrogen-bond acceptors (Lipinski definition) is 4. The van der Waals surface area contributed by atoms with Crippen LogP contribution in [-0.2, 0) is 6.18 Å². The normalized spacial score (nSPS) is 16.9. The van der Waals surface area contributed by atoms with Gasteiger partial charge in [0.1, 0.15) is 17.2 Å². The summed E-state index contributed by atoms with van der Waals surface area (Å²) in [6, 6.07) is 3.90. The molecule has 31 heavy (non-hydrogen) atoms. The van der Waals surface area contributed by atoms with E-state index in [0.29, 0.717) is 11.5 Å². The Hall–Kier alpha value is -2.78. The van der Waals surface area contributed by atoms with Crippen molar-refractivity contribution in [1.29, 1.82) is 0 Å². The van der Waals surface area contributed by atoms with Gasteiger partial charge in [0.2, 0.25) is 0 Å². The Balaban J connectivity index is 1.88. The van der Waals surface area contributed by atoms with Gasteiger partial charge >= 0.3 is 6.18 Å². The molecule has 1 atom stereocenters. The highest BCUT2D eigenvalue weighted by molar-refractivity contribution is 6.33. The number of rotatable bonds is 3. The van der Waals surface area contributed by atoms with Crippen LogP contribution in [0.2, 0.25) is 5.02 Å². The highest BCUT2D eigenvalue weighted by Crippen LogP contribution is 2.44. The largest absolute Gasteiger partial charge is 0.434 e. The fraction of sp³-hybridized carbons (Fsp3) is 0.200. The maximum Gasteiger partial charge on any atom is 0.434 e. The molecular weight excluding hydrogens is 459 g/mol. The average Bonchev–Trinajstić information content (AvgIpc) is 3.28. The number of aromatic nitrogens is 3. The van der Waals surface area contributed by atoms with E-state index in [1.54, 1.807) is 6.08 Å². The first-order valence-electron chi connectivity index (χ1n) is 9.02. The molecule has 0 amide bonds. The molecule has 0 saturated heterocycles. The first kappa shape index (κ1) is 21.5. The zero-order valence-corrected chi connectivity index (χ0v) is 17.4. The summed E-state index contributed by atoms with van der Waals surface area (Å²) < 4.78 is 62.2. The zero-order chi connectivity index (χ0) is 22.5. The third kappa shape index (κ3) is 3.72. The van der Waals surface area contributed by atoms with Gasteiger partial charge in [-0.3, -0.25) is 0 Å². The molecular formula is C20H14Cl2F4N4O. The van der Waals surface area contributed by atoms with E-state index < -0.39 is 29.0 Å². The minimum absolute atomic E-state index is 0.00669. The van der Waals surface area contributed by atoms with Crippen LogP contribution in [0.3, 0.4) is 0 Å². The second kappa shape index (κ2) is 7.72. The Bertz CT molecular complexity index is 1210. The van der Waals surface area contributed by atoms with Gasteiger partial charge in [-0.25, -0.2) is 9.07 Å². The summed E-state index contributed by atoms with van der Waals surface area (Å²) in [4.78, 5) is 0. The fourth-order valence-corrected chi connectivity index (χ4v) is 3.73. The maximum atomic E-state index is 14.3. The van der Waals surface area contributed by atoms with Crippen molar-refractivity contribution in [2.75, 3.05) is 5.73 Å². The number of anilines is 1. The summed E-state index contributed by atoms with van der Waals surface area (Å²) in [5.41, 5.74) is 3.94. The molecule has 0 bridgehead atoms. The number of nitrogens with two attached hydrogens (primary N) is 1. The number of alkyl halides is 3. The molecule has 2 N–H and O–H groups in total. The van der Waals surface area contributed by atoms with Crippen molar-refractivity contribution in [3.63, 3.8) is 0 Å². The lowest BCUT2D eigenvalue weighted by Crippen LogP contribution is -2.16. The number of nitrogen functional groups attached to an aromatic ring is 1. The summed E-state index contributed by atoms with van der Waals surface area (Å²) in [7, 11) is 0. The molecule has 5 nitrogen and oxygen atoms in total. The molecule has 1 aliphatic carbocycles. The Labute approximate surface area is 183 Å². The third-order valence-electron chi connectivity index (χ3n) is 4.89. The molecule has 0 fully saturated rings. The van der Waals surface area contributed by atoms with Crippen LogP contribution in [-0.4, -0.2) is 14.9 Å². The highest BCUT2D eigenvalue weighted by Gasteiger charge is 2.41. The molecule has 2 aromatic heterocycles. The Kier molecular flexibility index (Phi) is 5.35. The second-order valence-corrected chi connectivity index (χ2v) is 7.83. The van der Waals surface area contributed by atoms with Gasteiger partial charge in [0.25, 0.3) is 0 Å². The standard InChI is InChI=1S/C20H14Cl2F4N4O/c1-9-5-6-10(7-13(9)22)30-19(20(24,25)26)11(8-28-30)18-16(27)17(29-31-18)15-12(21)3-2-4-14(15)23/h2-4,6-9H,5,27H2,1H3/t9-/m1/s1. The van der Waals surface area contributed by atoms with Crippen LogP contribution in [0.5, 0.6) is 0 Å². The Morgan fingerprint density at radius 1 is 1.26 bits per heavy atom. The van der Waals surface area contributed by atoms with Gasteiger partial charge in [-0.15, -0.1) is 0 Å². The predicted molar refractivity (Wildman–Crippen MR) is 110 cm³/mol. The van der Waals surface area contributed by atoms with E-state index in [1.807, 2.05) is 6.92 Å². The summed E-state index contributed by atoms with van der Waals surface area (Å²) in [5, 5.41) is 7.96. The molecule has 1 aliphatic rings. The maximum absolute atomic E-state index is 14.3. The van der Waals surface area contributed by atoms with Crippen molar-refractivity contribution < 1.29 is 22.1 Å². The van der Waals surface area contributed by atoms with E-state index in [1.165, 1.54) is 18.2 Å². The minimum Gasteiger partial charge on any atom is -0.394 e. The second-order valence-electron chi connectivity index (χ2n) is 6.98. The van der Waals surface area contributed by atoms with E-state index >= 15 is 0 Å². The summed E-state index contributed by atoms with van der Waals surface area (Å²) >= 11 is 12.2. The lowest BCUT2D eigenvalue weighted by molar-refractivity contribution is -0.142. The van der Waals surface area contributed by atoms with Crippen LogP contribution < -0.4 is 5.73 Å². The van der Waals surface area contributed by atoms with Crippen molar-refractivity contribution in [3.05, 3.63) is 58.1 Å². The number of benzene rings is 1. The van der Waals surface area contributed by atoms with Crippen molar-refractivity contribution in [2.24, 2.45) is 5.92 Å². The van der Waals surface area contributed by atoms with Crippen LogP contribution in [0.4, 0.5) is 23.2 Å². The topological polar surface area (TPSA) is 69.9 Å². The Morgan fingerprint density at radius 3 is 2.65 bits per heavy atom. The molecule has 0 unspecified atom stereocenters. The van der Waals surface area contributed by atoms with Gasteiger partial charge in [-0.1, -0.05) is 47.4 Å². The third-order valence-corrected chi connectivity index (χ3v) is 5.69. The highest BCUT2D eigenvalue weighted by atomic mass is 35.5. The van der Waals surface area contributed by atoms with Crippen molar-refractivity contribution in [3.8, 4) is 22.6 Å². The first-order valence-corrected chi connectivity index (χ1v) is 9.78. The molecule has 0 spiro atoms. The molecule has 0 saturated carbocycles. The van der Waals surface area contributed by atoms with E-state index in [-0.39, 0.29) is 33.6 Å². The zero-order valence-electron chi connectivity index (χ0n) is 15.8. The first-order chi connectivity index (χ1) is 14.6. The smallest absolute Gasteiger partial charge is 0.394 e. The van der Waals surface area contributed by atoms with Gasteiger partial charge < -0.3 is 10.3 Å². The monoisotopic (exact) mass is 472 g/mol. The van der Waals surface area contributed by atoms with Crippen molar-refractivity contribution in [1.82, 2.24) is 14.9 Å². The van der Waals surface area contributed by atoms with Crippen LogP contribution in [0.1, 0.15) is 19.0 Å². The minimum atomic E-state index is -4.81. The lowest BCUT2D eigenvalue weighted by Gasteiger charge is -2.18. The number of nitrogens with zero attached hydrogens (tertiary/aromatic N) is 3. The Morgan fingerprint density at radius 2 is 2.00 bits per heavy atom. The van der Waals surface area contributed by atoms with Gasteiger partial charge in [-0.2, -0.15) is 18.3 Å². The van der Waals surface area contributed by atoms with E-state index in [0.717, 1.165) is 16.9 Å². The van der Waals surface area contributed by atoms with E-state index in [4.69, 9.17) is 33.5 Å². The summed E-state index contributed by atoms with van der Waals surface area (Å²) in [5.74, 6) is -1.15. The fourth-order valence-electron chi connectivity index (χ4n) is 3.28. The van der Waals surface area contributed by atoms with Gasteiger partial charge in [-0.05, 0) is 30.5 Å². The SMILES string of the molecule is C[C@@H]1CC=C(n2ncc(-c3onc(-c4c(F)cccc4Cl)c3N)c2C(F)(F)F)C=C1Cl. The molecule has 3 aromatic rings. The molecule has 11 heteroatoms. The molecule has 0 aliphatic heterocycles. The number of hydrogen-bond donors (Lipinski definition) is 1. The van der Waals surface area contributed by atoms with Crippen LogP contribution >= 0.6 is 23.2 Å². The van der Waals surface area contributed by atoms with Gasteiger partial charge in [0.05, 0.1) is 28.0 Å². The quantitative estimate of drug-likeness (QED) is 0.435. The van der Waals surface area contributed by atoms with Crippen LogP contribution in [0, 0.1) is 11.7 Å². The van der Waals surface area contributed by atoms with E-state index in [9.17, 15) is 17.6 Å². The van der Waals surface area contributed by atoms with E-state index in [2.05, 4.69) is 10.3 Å². The van der Waals surface area contributed by atoms with Crippen molar-refractivity contribution in [2.45, 2.75) is 19.5 Å². The molecule has 4 rings (SSSR count).